The summed E-state index contributed by atoms with van der Waals surface area (Å²) >= 11 is 0. The van der Waals surface area contributed by atoms with Crippen LogP contribution in [0.25, 0.3) is 0 Å². The van der Waals surface area contributed by atoms with Crippen LogP contribution in [-0.4, -0.2) is 47.4 Å². The normalized spacial score (nSPS) is 12.8. The molecule has 336 valence electrons. The van der Waals surface area contributed by atoms with E-state index in [9.17, 15) is 19.8 Å². The average molecular weight is 804 g/mol. The second-order valence-corrected chi connectivity index (χ2v) is 17.1. The monoisotopic (exact) mass is 804 g/mol. The molecule has 0 aromatic heterocycles. The first-order valence-electron chi connectivity index (χ1n) is 25.1. The van der Waals surface area contributed by atoms with E-state index < -0.39 is 12.1 Å². The van der Waals surface area contributed by atoms with Gasteiger partial charge in [0.15, 0.2) is 0 Å². The molecule has 0 aliphatic carbocycles. The molecule has 2 unspecified atom stereocenters. The first-order chi connectivity index (χ1) is 28.0. The molecule has 0 rings (SSSR count). The zero-order valence-corrected chi connectivity index (χ0v) is 38.1. The van der Waals surface area contributed by atoms with Crippen LogP contribution in [0, 0.1) is 0 Å². The van der Waals surface area contributed by atoms with Crippen molar-refractivity contribution in [3.8, 4) is 0 Å². The number of nitrogens with one attached hydrogen (secondary N) is 1. The van der Waals surface area contributed by atoms with E-state index >= 15 is 0 Å². The lowest BCUT2D eigenvalue weighted by molar-refractivity contribution is -0.143. The lowest BCUT2D eigenvalue weighted by Gasteiger charge is -2.20. The Hall–Kier alpha value is -1.66. The van der Waals surface area contributed by atoms with Gasteiger partial charge in [-0.2, -0.15) is 0 Å². The van der Waals surface area contributed by atoms with Crippen molar-refractivity contribution in [2.24, 2.45) is 0 Å². The number of rotatable bonds is 46. The first-order valence-corrected chi connectivity index (χ1v) is 25.1. The predicted octanol–water partition coefficient (Wildman–Crippen LogP) is 14.7. The predicted molar refractivity (Wildman–Crippen MR) is 246 cm³/mol. The average Bonchev–Trinajstić information content (AvgIpc) is 3.21. The highest BCUT2D eigenvalue weighted by molar-refractivity contribution is 5.76. The Morgan fingerprint density at radius 3 is 1.25 bits per heavy atom. The summed E-state index contributed by atoms with van der Waals surface area (Å²) in [6, 6.07) is -0.646. The zero-order valence-electron chi connectivity index (χ0n) is 38.1. The maximum Gasteiger partial charge on any atom is 0.305 e. The van der Waals surface area contributed by atoms with Gasteiger partial charge in [-0.3, -0.25) is 9.59 Å². The molecular formula is C51H97NO5. The van der Waals surface area contributed by atoms with Crippen LogP contribution in [0.4, 0.5) is 0 Å². The van der Waals surface area contributed by atoms with Gasteiger partial charge in [-0.1, -0.05) is 218 Å². The third-order valence-corrected chi connectivity index (χ3v) is 11.5. The molecule has 0 saturated carbocycles. The number of unbranched alkanes of at least 4 members (excludes halogenated alkanes) is 33. The third-order valence-electron chi connectivity index (χ3n) is 11.5. The second kappa shape index (κ2) is 47.0. The van der Waals surface area contributed by atoms with E-state index in [1.54, 1.807) is 6.08 Å². The minimum atomic E-state index is -0.860. The van der Waals surface area contributed by atoms with Crippen LogP contribution >= 0.6 is 0 Å². The number of hydrogen-bond donors (Lipinski definition) is 3. The molecule has 0 aliphatic rings. The minimum absolute atomic E-state index is 0.0283. The maximum absolute atomic E-state index is 12.4. The van der Waals surface area contributed by atoms with Crippen molar-refractivity contribution >= 4 is 11.9 Å². The van der Waals surface area contributed by atoms with Crippen molar-refractivity contribution in [3.05, 3.63) is 24.3 Å². The highest BCUT2D eigenvalue weighted by Gasteiger charge is 2.18. The molecule has 0 aliphatic heterocycles. The summed E-state index contributed by atoms with van der Waals surface area (Å²) in [6.45, 7) is 4.82. The SMILES string of the molecule is CCCCCCCC/C=C\CCCCCCCCCCCC(=O)OCCCCCCCCCCCC(=O)NC(CO)C(O)/C=C/CCCCCCCCCCCC. The van der Waals surface area contributed by atoms with Crippen LogP contribution in [0.2, 0.25) is 0 Å². The Morgan fingerprint density at radius 2 is 0.825 bits per heavy atom. The van der Waals surface area contributed by atoms with Gasteiger partial charge in [-0.05, 0) is 57.8 Å². The number of aliphatic hydroxyl groups excluding tert-OH is 2. The lowest BCUT2D eigenvalue weighted by Crippen LogP contribution is -2.45. The van der Waals surface area contributed by atoms with Crippen LogP contribution < -0.4 is 5.32 Å². The van der Waals surface area contributed by atoms with Crippen LogP contribution in [0.1, 0.15) is 264 Å². The zero-order chi connectivity index (χ0) is 41.5. The van der Waals surface area contributed by atoms with Gasteiger partial charge in [0.1, 0.15) is 0 Å². The van der Waals surface area contributed by atoms with E-state index in [1.807, 2.05) is 6.08 Å². The molecule has 1 amide bonds. The Kier molecular flexibility index (Phi) is 45.7. The van der Waals surface area contributed by atoms with Gasteiger partial charge in [0.05, 0.1) is 25.4 Å². The minimum Gasteiger partial charge on any atom is -0.466 e. The highest BCUT2D eigenvalue weighted by Crippen LogP contribution is 2.15. The summed E-state index contributed by atoms with van der Waals surface area (Å²) in [5.74, 6) is -0.125. The van der Waals surface area contributed by atoms with Crippen LogP contribution in [0.3, 0.4) is 0 Å². The first kappa shape index (κ1) is 55.3. The number of esters is 1. The molecule has 0 aromatic carbocycles. The summed E-state index contributed by atoms with van der Waals surface area (Å²) in [5, 5.41) is 23.0. The lowest BCUT2D eigenvalue weighted by atomic mass is 10.0. The second-order valence-electron chi connectivity index (χ2n) is 17.1. The van der Waals surface area contributed by atoms with Gasteiger partial charge >= 0.3 is 5.97 Å². The van der Waals surface area contributed by atoms with E-state index in [0.717, 1.165) is 57.8 Å². The van der Waals surface area contributed by atoms with Crippen LogP contribution in [0.15, 0.2) is 24.3 Å². The van der Waals surface area contributed by atoms with E-state index in [2.05, 4.69) is 31.3 Å². The Labute approximate surface area is 354 Å². The number of ether oxygens (including phenoxy) is 1. The molecule has 2 atom stereocenters. The Bertz CT molecular complexity index is 889. The van der Waals surface area contributed by atoms with Gasteiger partial charge in [-0.25, -0.2) is 0 Å². The van der Waals surface area contributed by atoms with Crippen LogP contribution in [-0.2, 0) is 14.3 Å². The smallest absolute Gasteiger partial charge is 0.305 e. The molecule has 0 aromatic rings. The molecule has 57 heavy (non-hydrogen) atoms. The third kappa shape index (κ3) is 43.7. The largest absolute Gasteiger partial charge is 0.466 e. The summed E-state index contributed by atoms with van der Waals surface area (Å²) in [4.78, 5) is 24.5. The fourth-order valence-electron chi connectivity index (χ4n) is 7.57. The molecule has 0 fully saturated rings. The van der Waals surface area contributed by atoms with E-state index in [1.165, 1.54) is 180 Å². The molecule has 3 N–H and O–H groups in total. The quantitative estimate of drug-likeness (QED) is 0.0324. The van der Waals surface area contributed by atoms with Gasteiger partial charge in [0, 0.05) is 12.8 Å². The van der Waals surface area contributed by atoms with Crippen molar-refractivity contribution in [2.45, 2.75) is 276 Å². The van der Waals surface area contributed by atoms with E-state index in [4.69, 9.17) is 4.74 Å². The van der Waals surface area contributed by atoms with Crippen LogP contribution in [0.5, 0.6) is 0 Å². The highest BCUT2D eigenvalue weighted by atomic mass is 16.5. The van der Waals surface area contributed by atoms with Crippen molar-refractivity contribution in [1.82, 2.24) is 5.32 Å². The van der Waals surface area contributed by atoms with E-state index in [0.29, 0.717) is 19.4 Å². The molecule has 0 bridgehead atoms. The van der Waals surface area contributed by atoms with Gasteiger partial charge in [-0.15, -0.1) is 0 Å². The Balaban J connectivity index is 3.49. The standard InChI is InChI=1S/C51H97NO5/c1-3-5-7-9-11-13-15-17-18-19-20-21-22-23-25-29-33-37-41-45-51(56)57-46-42-38-34-30-26-28-32-36-40-44-50(55)52-48(47-53)49(54)43-39-35-31-27-24-16-14-12-10-8-6-4-2/h17-18,39,43,48-49,53-54H,3-16,19-38,40-42,44-47H2,1-2H3,(H,52,55)/b18-17-,43-39+. The summed E-state index contributed by atoms with van der Waals surface area (Å²) < 4.78 is 5.46. The number of amides is 1. The van der Waals surface area contributed by atoms with Gasteiger partial charge in [0.25, 0.3) is 0 Å². The summed E-state index contributed by atoms with van der Waals surface area (Å²) in [6.07, 6.45) is 54.6. The van der Waals surface area contributed by atoms with Crippen molar-refractivity contribution in [2.75, 3.05) is 13.2 Å². The fourth-order valence-corrected chi connectivity index (χ4v) is 7.57. The van der Waals surface area contributed by atoms with Gasteiger partial charge in [0.2, 0.25) is 5.91 Å². The molecule has 0 spiro atoms. The number of aliphatic hydroxyl groups is 2. The number of carbonyl (C=O) groups excluding carboxylic acids is 2. The van der Waals surface area contributed by atoms with Crippen molar-refractivity contribution in [1.29, 1.82) is 0 Å². The topological polar surface area (TPSA) is 95.9 Å². The molecule has 6 heteroatoms. The number of hydrogen-bond acceptors (Lipinski definition) is 5. The molecule has 0 heterocycles. The number of carbonyl (C=O) groups is 2. The number of allylic oxidation sites excluding steroid dienone is 3. The maximum atomic E-state index is 12.4. The fraction of sp³-hybridized carbons (Fsp3) is 0.882. The van der Waals surface area contributed by atoms with Crippen molar-refractivity contribution in [3.63, 3.8) is 0 Å². The summed E-state index contributed by atoms with van der Waals surface area (Å²) in [5.41, 5.74) is 0. The van der Waals surface area contributed by atoms with Crippen molar-refractivity contribution < 1.29 is 24.5 Å². The molecule has 0 radical (unpaired) electrons. The van der Waals surface area contributed by atoms with E-state index in [-0.39, 0.29) is 18.5 Å². The summed E-state index contributed by atoms with van der Waals surface area (Å²) in [7, 11) is 0. The van der Waals surface area contributed by atoms with Gasteiger partial charge < -0.3 is 20.3 Å². The molecule has 0 saturated heterocycles. The molecule has 6 nitrogen and oxygen atoms in total. The molecular weight excluding hydrogens is 707 g/mol. The Morgan fingerprint density at radius 1 is 0.474 bits per heavy atom.